The van der Waals surface area contributed by atoms with Gasteiger partial charge in [-0.1, -0.05) is 30.7 Å². The van der Waals surface area contributed by atoms with Crippen LogP contribution in [0.3, 0.4) is 0 Å². The van der Waals surface area contributed by atoms with Gasteiger partial charge in [-0.2, -0.15) is 0 Å². The van der Waals surface area contributed by atoms with Gasteiger partial charge in [0.05, 0.1) is 5.69 Å². The Hall–Kier alpha value is -1.94. The van der Waals surface area contributed by atoms with Gasteiger partial charge >= 0.3 is 0 Å². The summed E-state index contributed by atoms with van der Waals surface area (Å²) >= 11 is 5.84. The molecule has 1 amide bonds. The number of nitrogens with one attached hydrogen (secondary N) is 1. The first-order chi connectivity index (χ1) is 9.10. The summed E-state index contributed by atoms with van der Waals surface area (Å²) < 4.78 is 13.4. The largest absolute Gasteiger partial charge is 0.319 e. The van der Waals surface area contributed by atoms with Crippen molar-refractivity contribution in [2.75, 3.05) is 5.32 Å². The third-order valence-electron chi connectivity index (χ3n) is 2.59. The third-order valence-corrected chi connectivity index (χ3v) is 2.79. The number of benzene rings is 1. The van der Waals surface area contributed by atoms with Crippen molar-refractivity contribution in [3.05, 3.63) is 58.6 Å². The molecule has 2 rings (SSSR count). The van der Waals surface area contributed by atoms with Crippen LogP contribution in [0.2, 0.25) is 5.15 Å². The van der Waals surface area contributed by atoms with E-state index in [9.17, 15) is 9.18 Å². The van der Waals surface area contributed by atoms with E-state index in [1.54, 1.807) is 18.2 Å². The van der Waals surface area contributed by atoms with Crippen molar-refractivity contribution in [3.63, 3.8) is 0 Å². The molecule has 0 radical (unpaired) electrons. The first-order valence-corrected chi connectivity index (χ1v) is 6.20. The lowest BCUT2D eigenvalue weighted by atomic mass is 10.2. The van der Waals surface area contributed by atoms with Crippen LogP contribution in [0, 0.1) is 5.82 Å². The lowest BCUT2D eigenvalue weighted by Gasteiger charge is -2.07. The number of halogens is 2. The number of amides is 1. The van der Waals surface area contributed by atoms with E-state index in [0.29, 0.717) is 17.7 Å². The molecule has 1 aromatic heterocycles. The number of carbonyl (C=O) groups excluding carboxylic acids is 1. The molecule has 1 aromatic carbocycles. The molecule has 0 aliphatic rings. The van der Waals surface area contributed by atoms with Crippen LogP contribution in [0.4, 0.5) is 10.1 Å². The third kappa shape index (κ3) is 3.29. The molecule has 19 heavy (non-hydrogen) atoms. The number of hydrogen-bond acceptors (Lipinski definition) is 2. The van der Waals surface area contributed by atoms with E-state index in [2.05, 4.69) is 10.3 Å². The van der Waals surface area contributed by atoms with Crippen molar-refractivity contribution in [2.24, 2.45) is 0 Å². The zero-order valence-electron chi connectivity index (χ0n) is 10.3. The number of hydrogen-bond donors (Lipinski definition) is 1. The maximum Gasteiger partial charge on any atom is 0.255 e. The van der Waals surface area contributed by atoms with Crippen molar-refractivity contribution in [3.8, 4) is 0 Å². The molecule has 5 heteroatoms. The smallest absolute Gasteiger partial charge is 0.255 e. The molecular weight excluding hydrogens is 267 g/mol. The number of pyridine rings is 1. The monoisotopic (exact) mass is 278 g/mol. The number of carbonyl (C=O) groups is 1. The Morgan fingerprint density at radius 3 is 2.79 bits per heavy atom. The number of anilines is 1. The van der Waals surface area contributed by atoms with Crippen molar-refractivity contribution in [1.29, 1.82) is 0 Å². The minimum Gasteiger partial charge on any atom is -0.319 e. The second-order valence-corrected chi connectivity index (χ2v) is 4.34. The molecule has 0 atom stereocenters. The van der Waals surface area contributed by atoms with Gasteiger partial charge in [0, 0.05) is 11.3 Å². The SMILES string of the molecule is CCc1cc(C(=O)Nc2ccccc2F)cc(Cl)n1. The van der Waals surface area contributed by atoms with Gasteiger partial charge in [-0.3, -0.25) is 4.79 Å². The van der Waals surface area contributed by atoms with Gasteiger partial charge in [0.25, 0.3) is 5.91 Å². The van der Waals surface area contributed by atoms with E-state index in [-0.39, 0.29) is 10.8 Å². The summed E-state index contributed by atoms with van der Waals surface area (Å²) in [5.41, 5.74) is 1.21. The van der Waals surface area contributed by atoms with Crippen LogP contribution >= 0.6 is 11.6 Å². The molecule has 1 N–H and O–H groups in total. The Morgan fingerprint density at radius 2 is 2.11 bits per heavy atom. The number of rotatable bonds is 3. The Morgan fingerprint density at radius 1 is 1.37 bits per heavy atom. The fraction of sp³-hybridized carbons (Fsp3) is 0.143. The Kier molecular flexibility index (Phi) is 4.12. The van der Waals surface area contributed by atoms with Crippen molar-refractivity contribution < 1.29 is 9.18 Å². The van der Waals surface area contributed by atoms with Crippen molar-refractivity contribution in [1.82, 2.24) is 4.98 Å². The van der Waals surface area contributed by atoms with Crippen LogP contribution in [-0.4, -0.2) is 10.9 Å². The van der Waals surface area contributed by atoms with Gasteiger partial charge in [-0.05, 0) is 30.7 Å². The summed E-state index contributed by atoms with van der Waals surface area (Å²) in [6, 6.07) is 9.08. The highest BCUT2D eigenvalue weighted by atomic mass is 35.5. The number of aryl methyl sites for hydroxylation is 1. The standard InChI is InChI=1S/C14H12ClFN2O/c1-2-10-7-9(8-13(15)17-10)14(19)18-12-6-4-3-5-11(12)16/h3-8H,2H2,1H3,(H,18,19). The number of para-hydroxylation sites is 1. The topological polar surface area (TPSA) is 42.0 Å². The van der Waals surface area contributed by atoms with E-state index in [1.807, 2.05) is 6.92 Å². The van der Waals surface area contributed by atoms with E-state index in [0.717, 1.165) is 0 Å². The maximum absolute atomic E-state index is 13.4. The highest BCUT2D eigenvalue weighted by Gasteiger charge is 2.11. The minimum absolute atomic E-state index is 0.137. The quantitative estimate of drug-likeness (QED) is 0.870. The van der Waals surface area contributed by atoms with Crippen LogP contribution in [0.15, 0.2) is 36.4 Å². The van der Waals surface area contributed by atoms with Gasteiger partial charge in [0.2, 0.25) is 0 Å². The molecule has 98 valence electrons. The summed E-state index contributed by atoms with van der Waals surface area (Å²) in [5, 5.41) is 2.75. The normalized spacial score (nSPS) is 10.3. The molecule has 0 saturated heterocycles. The highest BCUT2D eigenvalue weighted by molar-refractivity contribution is 6.29. The molecule has 0 aliphatic carbocycles. The summed E-state index contributed by atoms with van der Waals surface area (Å²) in [6.07, 6.45) is 0.667. The second kappa shape index (κ2) is 5.80. The van der Waals surface area contributed by atoms with Crippen LogP contribution in [-0.2, 0) is 6.42 Å². The van der Waals surface area contributed by atoms with Gasteiger partial charge in [0.1, 0.15) is 11.0 Å². The number of nitrogens with zero attached hydrogens (tertiary/aromatic N) is 1. The fourth-order valence-corrected chi connectivity index (χ4v) is 1.85. The highest BCUT2D eigenvalue weighted by Crippen LogP contribution is 2.16. The molecule has 0 saturated carbocycles. The van der Waals surface area contributed by atoms with Crippen LogP contribution < -0.4 is 5.32 Å². The molecule has 0 spiro atoms. The minimum atomic E-state index is -0.480. The lowest BCUT2D eigenvalue weighted by molar-refractivity contribution is 0.102. The van der Waals surface area contributed by atoms with Gasteiger partial charge in [-0.15, -0.1) is 0 Å². The van der Waals surface area contributed by atoms with Crippen molar-refractivity contribution in [2.45, 2.75) is 13.3 Å². The van der Waals surface area contributed by atoms with Crippen LogP contribution in [0.25, 0.3) is 0 Å². The first-order valence-electron chi connectivity index (χ1n) is 5.82. The molecule has 1 heterocycles. The van der Waals surface area contributed by atoms with Crippen LogP contribution in [0.1, 0.15) is 23.0 Å². The zero-order valence-corrected chi connectivity index (χ0v) is 11.0. The van der Waals surface area contributed by atoms with E-state index < -0.39 is 11.7 Å². The maximum atomic E-state index is 13.4. The zero-order chi connectivity index (χ0) is 13.8. The Bertz CT molecular complexity index is 616. The average molecular weight is 279 g/mol. The predicted octanol–water partition coefficient (Wildman–Crippen LogP) is 3.69. The second-order valence-electron chi connectivity index (χ2n) is 3.96. The molecular formula is C14H12ClFN2O. The fourth-order valence-electron chi connectivity index (χ4n) is 1.62. The van der Waals surface area contributed by atoms with E-state index >= 15 is 0 Å². The lowest BCUT2D eigenvalue weighted by Crippen LogP contribution is -2.13. The number of aromatic nitrogens is 1. The van der Waals surface area contributed by atoms with Crippen LogP contribution in [0.5, 0.6) is 0 Å². The molecule has 0 unspecified atom stereocenters. The van der Waals surface area contributed by atoms with Gasteiger partial charge < -0.3 is 5.32 Å². The predicted molar refractivity (Wildman–Crippen MR) is 73.0 cm³/mol. The summed E-state index contributed by atoms with van der Waals surface area (Å²) in [4.78, 5) is 16.1. The molecule has 2 aromatic rings. The average Bonchev–Trinajstić information content (AvgIpc) is 2.40. The Labute approximate surface area is 115 Å². The van der Waals surface area contributed by atoms with Gasteiger partial charge in [-0.25, -0.2) is 9.37 Å². The Balaban J connectivity index is 2.25. The van der Waals surface area contributed by atoms with Gasteiger partial charge in [0.15, 0.2) is 0 Å². The molecule has 0 aliphatic heterocycles. The van der Waals surface area contributed by atoms with E-state index in [1.165, 1.54) is 18.2 Å². The summed E-state index contributed by atoms with van der Waals surface area (Å²) in [5.74, 6) is -0.893. The van der Waals surface area contributed by atoms with E-state index in [4.69, 9.17) is 11.6 Å². The first kappa shape index (κ1) is 13.5. The molecule has 0 fully saturated rings. The summed E-state index contributed by atoms with van der Waals surface area (Å²) in [7, 11) is 0. The summed E-state index contributed by atoms with van der Waals surface area (Å²) in [6.45, 7) is 1.91. The molecule has 3 nitrogen and oxygen atoms in total. The van der Waals surface area contributed by atoms with Crippen molar-refractivity contribution >= 4 is 23.2 Å². The molecule has 0 bridgehead atoms.